The molecule has 70 heavy (non-hydrogen) atoms. The first-order valence-electron chi connectivity index (χ1n) is 24.2. The number of hydrogen-bond acceptors (Lipinski definition) is 4. The quantitative estimate of drug-likeness (QED) is 0.162. The van der Waals surface area contributed by atoms with E-state index in [1.807, 2.05) is 66.7 Å². The minimum absolute atomic E-state index is 0.0112. The van der Waals surface area contributed by atoms with Crippen molar-refractivity contribution in [3.63, 3.8) is 0 Å². The topological polar surface area (TPSA) is 55.7 Å². The summed E-state index contributed by atoms with van der Waals surface area (Å²) in [7, 11) is 0. The molecule has 4 nitrogen and oxygen atoms in total. The Hall–Kier alpha value is -8.86. The molecule has 1 aromatic heterocycles. The lowest BCUT2D eigenvalue weighted by Gasteiger charge is -2.36. The molecule has 15 rings (SSSR count). The van der Waals surface area contributed by atoms with Gasteiger partial charge >= 0.3 is 0 Å². The summed E-state index contributed by atoms with van der Waals surface area (Å²) in [4.78, 5) is 30.9. The molecule has 3 unspecified atom stereocenters. The number of fused-ring (bicyclic) bond motifs is 20. The van der Waals surface area contributed by atoms with Crippen LogP contribution in [0.5, 0.6) is 0 Å². The van der Waals surface area contributed by atoms with Crippen molar-refractivity contribution in [2.24, 2.45) is 5.92 Å². The number of ketones is 1. The summed E-state index contributed by atoms with van der Waals surface area (Å²) in [5, 5.41) is 0. The Morgan fingerprint density at radius 1 is 0.357 bits per heavy atom. The van der Waals surface area contributed by atoms with E-state index in [-0.39, 0.29) is 17.6 Å². The van der Waals surface area contributed by atoms with E-state index in [1.54, 1.807) is 0 Å². The summed E-state index contributed by atoms with van der Waals surface area (Å²) in [6.07, 6.45) is 9.16. The van der Waals surface area contributed by atoms with Gasteiger partial charge in [0.1, 0.15) is 0 Å². The lowest BCUT2D eigenvalue weighted by Crippen LogP contribution is -2.33. The first kappa shape index (κ1) is 39.2. The van der Waals surface area contributed by atoms with Gasteiger partial charge in [0.05, 0.1) is 10.8 Å². The SMILES string of the molecule is O=C(c1ccc2c(c1)C1(c3ccccc3-c3ccccc31)c1cc(-c3nc(-c4ccccc4)nc(-c4ccccc4)n3)ccc1-2)c1ccc2c(c1)C1(c3ccccc3-2)c2ccccc2C2C=CC=CC21. The van der Waals surface area contributed by atoms with Gasteiger partial charge in [0.2, 0.25) is 0 Å². The Morgan fingerprint density at radius 2 is 0.800 bits per heavy atom. The normalized spacial score (nSPS) is 18.4. The molecule has 4 heteroatoms. The fourth-order valence-corrected chi connectivity index (χ4v) is 13.3. The van der Waals surface area contributed by atoms with Crippen molar-refractivity contribution in [2.45, 2.75) is 16.7 Å². The minimum Gasteiger partial charge on any atom is -0.289 e. The third-order valence-electron chi connectivity index (χ3n) is 16.0. The highest BCUT2D eigenvalue weighted by Gasteiger charge is 2.57. The van der Waals surface area contributed by atoms with Gasteiger partial charge in [-0.2, -0.15) is 0 Å². The second-order valence-corrected chi connectivity index (χ2v) is 19.3. The maximum Gasteiger partial charge on any atom is 0.193 e. The number of carbonyl (C=O) groups excluding carboxylic acids is 1. The Bertz CT molecular complexity index is 3840. The highest BCUT2D eigenvalue weighted by atomic mass is 16.1. The molecule has 0 amide bonds. The lowest BCUT2D eigenvalue weighted by molar-refractivity contribution is 0.103. The molecule has 10 aromatic rings. The summed E-state index contributed by atoms with van der Waals surface area (Å²) in [6, 6.07) is 75.3. The predicted octanol–water partition coefficient (Wildman–Crippen LogP) is 14.6. The summed E-state index contributed by atoms with van der Waals surface area (Å²) in [5.74, 6) is 2.28. The van der Waals surface area contributed by atoms with Gasteiger partial charge < -0.3 is 0 Å². The molecule has 0 bridgehead atoms. The Labute approximate surface area is 406 Å². The van der Waals surface area contributed by atoms with Crippen LogP contribution in [0.25, 0.3) is 67.5 Å². The van der Waals surface area contributed by atoms with E-state index in [1.165, 1.54) is 55.6 Å². The molecule has 326 valence electrons. The predicted molar refractivity (Wildman–Crippen MR) is 279 cm³/mol. The molecule has 9 aromatic carbocycles. The smallest absolute Gasteiger partial charge is 0.193 e. The van der Waals surface area contributed by atoms with Crippen LogP contribution in [0.4, 0.5) is 0 Å². The second kappa shape index (κ2) is 14.6. The van der Waals surface area contributed by atoms with Crippen LogP contribution >= 0.6 is 0 Å². The zero-order valence-corrected chi connectivity index (χ0v) is 37.9. The van der Waals surface area contributed by atoms with Crippen molar-refractivity contribution in [3.05, 3.63) is 292 Å². The van der Waals surface area contributed by atoms with Gasteiger partial charge in [-0.05, 0) is 96.1 Å². The number of benzene rings is 9. The number of allylic oxidation sites excluding steroid dienone is 4. The molecule has 0 aliphatic heterocycles. The molecule has 2 spiro atoms. The third-order valence-corrected chi connectivity index (χ3v) is 16.0. The van der Waals surface area contributed by atoms with Crippen LogP contribution < -0.4 is 0 Å². The van der Waals surface area contributed by atoms with E-state index >= 15 is 4.79 Å². The Balaban J connectivity index is 0.914. The molecule has 5 aliphatic rings. The first-order chi connectivity index (χ1) is 34.6. The van der Waals surface area contributed by atoms with Crippen LogP contribution in [-0.4, -0.2) is 20.7 Å². The van der Waals surface area contributed by atoms with Crippen molar-refractivity contribution in [1.82, 2.24) is 15.0 Å². The summed E-state index contributed by atoms with van der Waals surface area (Å²) < 4.78 is 0. The molecule has 1 heterocycles. The van der Waals surface area contributed by atoms with Gasteiger partial charge in [-0.25, -0.2) is 15.0 Å². The highest BCUT2D eigenvalue weighted by molar-refractivity contribution is 6.11. The largest absolute Gasteiger partial charge is 0.289 e. The average Bonchev–Trinajstić information content (AvgIpc) is 4.12. The molecule has 0 fully saturated rings. The number of aromatic nitrogens is 3. The molecular weight excluding hydrogens is 851 g/mol. The second-order valence-electron chi connectivity index (χ2n) is 19.3. The van der Waals surface area contributed by atoms with Gasteiger partial charge in [-0.3, -0.25) is 4.79 Å². The van der Waals surface area contributed by atoms with E-state index in [0.717, 1.165) is 38.9 Å². The summed E-state index contributed by atoms with van der Waals surface area (Å²) >= 11 is 0. The van der Waals surface area contributed by atoms with Crippen LogP contribution in [0.1, 0.15) is 66.3 Å². The molecule has 5 aliphatic carbocycles. The minimum atomic E-state index is -0.714. The highest BCUT2D eigenvalue weighted by Crippen LogP contribution is 2.66. The molecule has 0 N–H and O–H groups in total. The molecular formula is C66H41N3O. The molecule has 0 radical (unpaired) electrons. The number of nitrogens with zero attached hydrogens (tertiary/aromatic N) is 3. The van der Waals surface area contributed by atoms with Gasteiger partial charge in [0.25, 0.3) is 0 Å². The maximum atomic E-state index is 15.5. The third kappa shape index (κ3) is 5.14. The van der Waals surface area contributed by atoms with Crippen molar-refractivity contribution in [1.29, 1.82) is 0 Å². The zero-order chi connectivity index (χ0) is 46.1. The van der Waals surface area contributed by atoms with Crippen molar-refractivity contribution < 1.29 is 4.79 Å². The molecule has 0 saturated carbocycles. The van der Waals surface area contributed by atoms with Crippen LogP contribution in [0.15, 0.2) is 237 Å². The van der Waals surface area contributed by atoms with Gasteiger partial charge in [0.15, 0.2) is 23.3 Å². The fourth-order valence-electron chi connectivity index (χ4n) is 13.3. The van der Waals surface area contributed by atoms with E-state index in [2.05, 4.69) is 170 Å². The van der Waals surface area contributed by atoms with Gasteiger partial charge in [-0.15, -0.1) is 0 Å². The fraction of sp³-hybridized carbons (Fsp3) is 0.0606. The van der Waals surface area contributed by atoms with Gasteiger partial charge in [-0.1, -0.05) is 218 Å². The van der Waals surface area contributed by atoms with Crippen molar-refractivity contribution in [2.75, 3.05) is 0 Å². The van der Waals surface area contributed by atoms with Crippen molar-refractivity contribution in [3.8, 4) is 67.5 Å². The van der Waals surface area contributed by atoms with Crippen LogP contribution in [0.3, 0.4) is 0 Å². The van der Waals surface area contributed by atoms with E-state index in [4.69, 9.17) is 15.0 Å². The van der Waals surface area contributed by atoms with E-state index < -0.39 is 10.8 Å². The van der Waals surface area contributed by atoms with E-state index in [0.29, 0.717) is 28.6 Å². The summed E-state index contributed by atoms with van der Waals surface area (Å²) in [6.45, 7) is 0. The summed E-state index contributed by atoms with van der Waals surface area (Å²) in [5.41, 5.74) is 19.9. The maximum absolute atomic E-state index is 15.5. The van der Waals surface area contributed by atoms with E-state index in [9.17, 15) is 0 Å². The Morgan fingerprint density at radius 3 is 1.43 bits per heavy atom. The monoisotopic (exact) mass is 891 g/mol. The number of hydrogen-bond donors (Lipinski definition) is 0. The number of carbonyl (C=O) groups is 1. The average molecular weight is 892 g/mol. The first-order valence-corrected chi connectivity index (χ1v) is 24.2. The zero-order valence-electron chi connectivity index (χ0n) is 37.9. The van der Waals surface area contributed by atoms with Crippen LogP contribution in [-0.2, 0) is 10.8 Å². The standard InChI is InChI=1S/C66H41N3O/c70-61(42-31-34-50-49-25-11-14-28-55(49)65(58(50)37-42)53-26-12-7-21-45(53)46-22-8-13-27-54(46)65)43-32-35-51-52-36-33-44(64-68-62(40-17-3-1-4-18-40)67-63(69-64)41-19-5-2-6-20-41)39-60(52)66(59(51)38-43)56-29-15-9-23-47(56)48-24-10-16-30-57(48)66/h1-39,45,53H. The molecule has 3 atom stereocenters. The van der Waals surface area contributed by atoms with Crippen LogP contribution in [0, 0.1) is 5.92 Å². The van der Waals surface area contributed by atoms with Crippen molar-refractivity contribution >= 4 is 5.78 Å². The Kier molecular flexibility index (Phi) is 8.15. The van der Waals surface area contributed by atoms with Gasteiger partial charge in [0, 0.05) is 39.7 Å². The lowest BCUT2D eigenvalue weighted by atomic mass is 9.65. The van der Waals surface area contributed by atoms with Crippen LogP contribution in [0.2, 0.25) is 0 Å². The number of rotatable bonds is 5. The molecule has 0 saturated heterocycles.